The average Bonchev–Trinajstić information content (AvgIpc) is 3.08. The Labute approximate surface area is 135 Å². The maximum Gasteiger partial charge on any atom is 0.260 e. The van der Waals surface area contributed by atoms with Gasteiger partial charge in [-0.15, -0.1) is 5.10 Å². The van der Waals surface area contributed by atoms with Crippen LogP contribution >= 0.6 is 0 Å². The molecular formula is C16H21N5O2. The lowest BCUT2D eigenvalue weighted by Gasteiger charge is -2.38. The van der Waals surface area contributed by atoms with Gasteiger partial charge in [0.1, 0.15) is 12.1 Å². The molecule has 1 aromatic heterocycles. The number of nitrogens with zero attached hydrogens (tertiary/aromatic N) is 5. The molecule has 1 amide bonds. The molecule has 23 heavy (non-hydrogen) atoms. The molecular weight excluding hydrogens is 294 g/mol. The van der Waals surface area contributed by atoms with Crippen molar-refractivity contribution in [2.75, 3.05) is 6.61 Å². The van der Waals surface area contributed by atoms with E-state index in [0.717, 1.165) is 18.5 Å². The minimum absolute atomic E-state index is 0.0502. The van der Waals surface area contributed by atoms with Crippen LogP contribution in [0.1, 0.15) is 33.1 Å². The van der Waals surface area contributed by atoms with Crippen LogP contribution < -0.4 is 4.74 Å². The summed E-state index contributed by atoms with van der Waals surface area (Å²) in [7, 11) is 0. The standard InChI is InChI=1S/C16H21N5O2/c1-12-4-3-5-13(2)21(12)16(22)10-23-15-8-6-14(7-9-15)20-11-17-18-19-20/h6-9,11-13H,3-5,10H2,1-2H3/t12-,13-/m0/s1. The van der Waals surface area contributed by atoms with E-state index in [1.165, 1.54) is 12.7 Å². The number of aromatic nitrogens is 4. The highest BCUT2D eigenvalue weighted by Gasteiger charge is 2.28. The van der Waals surface area contributed by atoms with Crippen molar-refractivity contribution in [1.82, 2.24) is 25.1 Å². The Bertz CT molecular complexity index is 631. The number of carbonyl (C=O) groups excluding carboxylic acids is 1. The third-order valence-corrected chi connectivity index (χ3v) is 4.29. The lowest BCUT2D eigenvalue weighted by atomic mass is 9.97. The molecule has 2 atom stereocenters. The van der Waals surface area contributed by atoms with Crippen molar-refractivity contribution in [2.45, 2.75) is 45.2 Å². The smallest absolute Gasteiger partial charge is 0.260 e. The molecule has 0 aliphatic carbocycles. The molecule has 1 aromatic carbocycles. The second-order valence-corrected chi connectivity index (χ2v) is 5.97. The van der Waals surface area contributed by atoms with Gasteiger partial charge in [0.05, 0.1) is 5.69 Å². The molecule has 0 radical (unpaired) electrons. The average molecular weight is 315 g/mol. The fraction of sp³-hybridized carbons (Fsp3) is 0.500. The van der Waals surface area contributed by atoms with E-state index < -0.39 is 0 Å². The monoisotopic (exact) mass is 315 g/mol. The molecule has 0 bridgehead atoms. The van der Waals surface area contributed by atoms with Gasteiger partial charge in [-0.2, -0.15) is 0 Å². The van der Waals surface area contributed by atoms with Gasteiger partial charge >= 0.3 is 0 Å². The lowest BCUT2D eigenvalue weighted by molar-refractivity contribution is -0.139. The quantitative estimate of drug-likeness (QED) is 0.860. The number of tetrazole rings is 1. The minimum atomic E-state index is 0.0502. The Hall–Kier alpha value is -2.44. The van der Waals surface area contributed by atoms with Crippen LogP contribution in [0.25, 0.3) is 5.69 Å². The number of amides is 1. The highest BCUT2D eigenvalue weighted by molar-refractivity contribution is 5.78. The van der Waals surface area contributed by atoms with Crippen LogP contribution in [-0.4, -0.2) is 49.7 Å². The molecule has 0 spiro atoms. The summed E-state index contributed by atoms with van der Waals surface area (Å²) in [5.41, 5.74) is 0.840. The van der Waals surface area contributed by atoms with Gasteiger partial charge in [-0.05, 0) is 67.8 Å². The summed E-state index contributed by atoms with van der Waals surface area (Å²) in [4.78, 5) is 14.4. The Morgan fingerprint density at radius 1 is 1.22 bits per heavy atom. The Morgan fingerprint density at radius 3 is 2.52 bits per heavy atom. The van der Waals surface area contributed by atoms with E-state index in [1.54, 1.807) is 4.68 Å². The zero-order valence-corrected chi connectivity index (χ0v) is 13.4. The van der Waals surface area contributed by atoms with Crippen molar-refractivity contribution in [3.8, 4) is 11.4 Å². The molecule has 1 aliphatic rings. The predicted octanol–water partition coefficient (Wildman–Crippen LogP) is 1.83. The number of ether oxygens (including phenoxy) is 1. The van der Waals surface area contributed by atoms with E-state index in [0.29, 0.717) is 5.75 Å². The fourth-order valence-corrected chi connectivity index (χ4v) is 3.11. The summed E-state index contributed by atoms with van der Waals surface area (Å²) >= 11 is 0. The topological polar surface area (TPSA) is 73.1 Å². The normalized spacial score (nSPS) is 21.2. The van der Waals surface area contributed by atoms with Gasteiger partial charge in [0.15, 0.2) is 6.61 Å². The number of hydrogen-bond donors (Lipinski definition) is 0. The van der Waals surface area contributed by atoms with Crippen LogP contribution in [-0.2, 0) is 4.79 Å². The van der Waals surface area contributed by atoms with Crippen molar-refractivity contribution < 1.29 is 9.53 Å². The van der Waals surface area contributed by atoms with Crippen LogP contribution in [0.15, 0.2) is 30.6 Å². The van der Waals surface area contributed by atoms with E-state index in [9.17, 15) is 4.79 Å². The number of likely N-dealkylation sites (tertiary alicyclic amines) is 1. The number of rotatable bonds is 4. The van der Waals surface area contributed by atoms with Crippen molar-refractivity contribution in [3.63, 3.8) is 0 Å². The molecule has 2 heterocycles. The maximum atomic E-state index is 12.4. The van der Waals surface area contributed by atoms with E-state index in [2.05, 4.69) is 29.4 Å². The fourth-order valence-electron chi connectivity index (χ4n) is 3.11. The first-order chi connectivity index (χ1) is 11.1. The Balaban J connectivity index is 1.58. The van der Waals surface area contributed by atoms with Crippen LogP contribution in [0, 0.1) is 0 Å². The van der Waals surface area contributed by atoms with E-state index >= 15 is 0 Å². The van der Waals surface area contributed by atoms with E-state index in [1.807, 2.05) is 29.2 Å². The molecule has 1 aliphatic heterocycles. The highest BCUT2D eigenvalue weighted by atomic mass is 16.5. The summed E-state index contributed by atoms with van der Waals surface area (Å²) in [6.07, 6.45) is 4.84. The van der Waals surface area contributed by atoms with Crippen LogP contribution in [0.4, 0.5) is 0 Å². The highest BCUT2D eigenvalue weighted by Crippen LogP contribution is 2.23. The van der Waals surface area contributed by atoms with Crippen LogP contribution in [0.2, 0.25) is 0 Å². The first kappa shape index (κ1) is 15.5. The summed E-state index contributed by atoms with van der Waals surface area (Å²) in [6.45, 7) is 4.28. The van der Waals surface area contributed by atoms with E-state index in [4.69, 9.17) is 4.74 Å². The Morgan fingerprint density at radius 2 is 1.91 bits per heavy atom. The van der Waals surface area contributed by atoms with Gasteiger partial charge in [0.25, 0.3) is 5.91 Å². The molecule has 3 rings (SSSR count). The second kappa shape index (κ2) is 6.76. The van der Waals surface area contributed by atoms with Crippen molar-refractivity contribution in [3.05, 3.63) is 30.6 Å². The summed E-state index contributed by atoms with van der Waals surface area (Å²) in [5, 5.41) is 11.0. The van der Waals surface area contributed by atoms with Gasteiger partial charge in [-0.25, -0.2) is 4.68 Å². The molecule has 2 aromatic rings. The van der Waals surface area contributed by atoms with E-state index in [-0.39, 0.29) is 24.6 Å². The molecule has 1 fully saturated rings. The SMILES string of the molecule is C[C@H]1CCC[C@H](C)N1C(=O)COc1ccc(-n2cnnn2)cc1. The molecule has 0 N–H and O–H groups in total. The first-order valence-corrected chi connectivity index (χ1v) is 7.92. The van der Waals surface area contributed by atoms with Gasteiger partial charge in [0.2, 0.25) is 0 Å². The molecule has 7 nitrogen and oxygen atoms in total. The molecule has 0 unspecified atom stereocenters. The maximum absolute atomic E-state index is 12.4. The minimum Gasteiger partial charge on any atom is -0.484 e. The second-order valence-electron chi connectivity index (χ2n) is 5.97. The zero-order valence-electron chi connectivity index (χ0n) is 13.4. The van der Waals surface area contributed by atoms with Crippen molar-refractivity contribution in [2.24, 2.45) is 0 Å². The number of carbonyl (C=O) groups is 1. The third kappa shape index (κ3) is 3.49. The largest absolute Gasteiger partial charge is 0.484 e. The van der Waals surface area contributed by atoms with Gasteiger partial charge in [-0.3, -0.25) is 4.79 Å². The zero-order chi connectivity index (χ0) is 16.2. The number of benzene rings is 1. The first-order valence-electron chi connectivity index (χ1n) is 7.92. The van der Waals surface area contributed by atoms with Gasteiger partial charge < -0.3 is 9.64 Å². The van der Waals surface area contributed by atoms with Crippen LogP contribution in [0.3, 0.4) is 0 Å². The third-order valence-electron chi connectivity index (χ3n) is 4.29. The lowest BCUT2D eigenvalue weighted by Crippen LogP contribution is -2.49. The predicted molar refractivity (Wildman–Crippen MR) is 84.3 cm³/mol. The number of hydrogen-bond acceptors (Lipinski definition) is 5. The van der Waals surface area contributed by atoms with Crippen molar-refractivity contribution >= 4 is 5.91 Å². The van der Waals surface area contributed by atoms with Gasteiger partial charge in [-0.1, -0.05) is 0 Å². The summed E-state index contributed by atoms with van der Waals surface area (Å²) in [5.74, 6) is 0.710. The summed E-state index contributed by atoms with van der Waals surface area (Å²) in [6, 6.07) is 7.90. The van der Waals surface area contributed by atoms with Crippen LogP contribution in [0.5, 0.6) is 5.75 Å². The molecule has 7 heteroatoms. The molecule has 1 saturated heterocycles. The number of piperidine rings is 1. The van der Waals surface area contributed by atoms with Gasteiger partial charge in [0, 0.05) is 12.1 Å². The molecule has 0 saturated carbocycles. The van der Waals surface area contributed by atoms with Crippen molar-refractivity contribution in [1.29, 1.82) is 0 Å². The molecule has 122 valence electrons. The Kier molecular flexibility index (Phi) is 4.55. The summed E-state index contributed by atoms with van der Waals surface area (Å²) < 4.78 is 7.20.